The molecule has 0 saturated carbocycles. The van der Waals surface area contributed by atoms with Crippen molar-refractivity contribution in [3.63, 3.8) is 0 Å². The number of carboxylic acid groups (broad SMARTS) is 1. The molecule has 2 aromatic rings. The largest absolute Gasteiger partial charge is 0.465 e. The molecule has 120 valence electrons. The summed E-state index contributed by atoms with van der Waals surface area (Å²) in [5.74, 6) is -0.280. The molecule has 23 heavy (non-hydrogen) atoms. The lowest BCUT2D eigenvalue weighted by atomic mass is 10.1. The second kappa shape index (κ2) is 7.31. The fraction of sp³-hybridized carbons (Fsp3) is 0.118. The number of hydrogen-bond donors (Lipinski definition) is 3. The van der Waals surface area contributed by atoms with Crippen LogP contribution in [0.4, 0.5) is 26.2 Å². The molecular weight excluding hydrogens is 297 g/mol. The first-order chi connectivity index (χ1) is 11.0. The molecule has 0 bridgehead atoms. The van der Waals surface area contributed by atoms with Gasteiger partial charge >= 0.3 is 6.09 Å². The lowest BCUT2D eigenvalue weighted by Gasteiger charge is -2.24. The number of hydrogen-bond acceptors (Lipinski definition) is 3. The van der Waals surface area contributed by atoms with Crippen molar-refractivity contribution in [2.24, 2.45) is 0 Å². The SMILES string of the molecule is C=CCN(Cc1ccc(F)cc1)c1ccc(NC(=O)O)c(N)c1. The van der Waals surface area contributed by atoms with Gasteiger partial charge in [-0.05, 0) is 35.9 Å². The summed E-state index contributed by atoms with van der Waals surface area (Å²) in [4.78, 5) is 12.7. The number of rotatable bonds is 6. The molecule has 0 saturated heterocycles. The van der Waals surface area contributed by atoms with Crippen molar-refractivity contribution in [3.05, 3.63) is 66.5 Å². The zero-order valence-corrected chi connectivity index (χ0v) is 12.5. The Kier molecular flexibility index (Phi) is 5.19. The van der Waals surface area contributed by atoms with Crippen LogP contribution in [0.2, 0.25) is 0 Å². The quantitative estimate of drug-likeness (QED) is 0.561. The molecule has 0 radical (unpaired) electrons. The van der Waals surface area contributed by atoms with E-state index in [0.29, 0.717) is 24.5 Å². The van der Waals surface area contributed by atoms with Gasteiger partial charge in [-0.25, -0.2) is 9.18 Å². The van der Waals surface area contributed by atoms with Crippen molar-refractivity contribution in [2.45, 2.75) is 6.54 Å². The molecule has 1 amide bonds. The monoisotopic (exact) mass is 315 g/mol. The number of nitrogens with two attached hydrogens (primary N) is 1. The summed E-state index contributed by atoms with van der Waals surface area (Å²) in [5.41, 5.74) is 8.32. The predicted octanol–water partition coefficient (Wildman–Crippen LogP) is 3.69. The Bertz CT molecular complexity index is 701. The maximum Gasteiger partial charge on any atom is 0.409 e. The van der Waals surface area contributed by atoms with Gasteiger partial charge in [0.25, 0.3) is 0 Å². The van der Waals surface area contributed by atoms with E-state index in [0.717, 1.165) is 11.3 Å². The van der Waals surface area contributed by atoms with E-state index in [2.05, 4.69) is 11.9 Å². The number of halogens is 1. The van der Waals surface area contributed by atoms with Crippen LogP contribution < -0.4 is 16.0 Å². The third kappa shape index (κ3) is 4.47. The normalized spacial score (nSPS) is 10.1. The van der Waals surface area contributed by atoms with Gasteiger partial charge in [-0.2, -0.15) is 0 Å². The lowest BCUT2D eigenvalue weighted by molar-refractivity contribution is 0.210. The van der Waals surface area contributed by atoms with Crippen molar-refractivity contribution in [2.75, 3.05) is 22.5 Å². The van der Waals surface area contributed by atoms with Gasteiger partial charge < -0.3 is 15.7 Å². The number of carbonyl (C=O) groups is 1. The molecule has 5 nitrogen and oxygen atoms in total. The molecule has 6 heteroatoms. The van der Waals surface area contributed by atoms with Gasteiger partial charge in [0, 0.05) is 18.8 Å². The molecule has 0 heterocycles. The molecule has 0 aromatic heterocycles. The minimum Gasteiger partial charge on any atom is -0.465 e. The maximum absolute atomic E-state index is 13.0. The van der Waals surface area contributed by atoms with Crippen LogP contribution >= 0.6 is 0 Å². The molecule has 2 aromatic carbocycles. The van der Waals surface area contributed by atoms with Crippen molar-refractivity contribution in [1.29, 1.82) is 0 Å². The second-order valence-corrected chi connectivity index (χ2v) is 5.00. The Hall–Kier alpha value is -3.02. The number of benzene rings is 2. The average molecular weight is 315 g/mol. The Labute approximate surface area is 133 Å². The van der Waals surface area contributed by atoms with Crippen LogP contribution in [0.1, 0.15) is 5.56 Å². The fourth-order valence-corrected chi connectivity index (χ4v) is 2.20. The average Bonchev–Trinajstić information content (AvgIpc) is 2.50. The van der Waals surface area contributed by atoms with E-state index in [9.17, 15) is 9.18 Å². The Morgan fingerprint density at radius 2 is 2.00 bits per heavy atom. The first-order valence-electron chi connectivity index (χ1n) is 6.99. The summed E-state index contributed by atoms with van der Waals surface area (Å²) in [6, 6.07) is 11.3. The van der Waals surface area contributed by atoms with E-state index in [4.69, 9.17) is 10.8 Å². The fourth-order valence-electron chi connectivity index (χ4n) is 2.20. The Balaban J connectivity index is 2.23. The van der Waals surface area contributed by atoms with E-state index in [-0.39, 0.29) is 5.82 Å². The molecule has 0 spiro atoms. The standard InChI is InChI=1S/C17H18FN3O2/c1-2-9-21(11-12-3-5-13(18)6-4-12)14-7-8-16(15(19)10-14)20-17(22)23/h2-8,10,20H,1,9,11,19H2,(H,22,23). The van der Waals surface area contributed by atoms with E-state index in [1.165, 1.54) is 12.1 Å². The van der Waals surface area contributed by atoms with E-state index >= 15 is 0 Å². The third-order valence-corrected chi connectivity index (χ3v) is 3.28. The van der Waals surface area contributed by atoms with Gasteiger partial charge in [0.1, 0.15) is 5.82 Å². The summed E-state index contributed by atoms with van der Waals surface area (Å²) >= 11 is 0. The highest BCUT2D eigenvalue weighted by atomic mass is 19.1. The second-order valence-electron chi connectivity index (χ2n) is 5.00. The number of anilines is 3. The molecular formula is C17H18FN3O2. The zero-order chi connectivity index (χ0) is 16.8. The van der Waals surface area contributed by atoms with Gasteiger partial charge in [0.15, 0.2) is 0 Å². The van der Waals surface area contributed by atoms with Crippen LogP contribution in [0.5, 0.6) is 0 Å². The summed E-state index contributed by atoms with van der Waals surface area (Å²) < 4.78 is 13.0. The molecule has 0 aliphatic carbocycles. The molecule has 0 atom stereocenters. The van der Waals surface area contributed by atoms with Crippen LogP contribution in [0.15, 0.2) is 55.1 Å². The number of nitrogens with zero attached hydrogens (tertiary/aromatic N) is 1. The third-order valence-electron chi connectivity index (χ3n) is 3.28. The first-order valence-corrected chi connectivity index (χ1v) is 6.99. The predicted molar refractivity (Wildman–Crippen MR) is 90.1 cm³/mol. The smallest absolute Gasteiger partial charge is 0.409 e. The van der Waals surface area contributed by atoms with Crippen molar-refractivity contribution < 1.29 is 14.3 Å². The summed E-state index contributed by atoms with van der Waals surface area (Å²) in [5, 5.41) is 11.0. The van der Waals surface area contributed by atoms with Crippen LogP contribution in [0.3, 0.4) is 0 Å². The van der Waals surface area contributed by atoms with Crippen LogP contribution in [-0.4, -0.2) is 17.7 Å². The van der Waals surface area contributed by atoms with Crippen molar-refractivity contribution in [3.8, 4) is 0 Å². The number of amides is 1. The van der Waals surface area contributed by atoms with E-state index < -0.39 is 6.09 Å². The van der Waals surface area contributed by atoms with Gasteiger partial charge in [-0.1, -0.05) is 18.2 Å². The van der Waals surface area contributed by atoms with Crippen molar-refractivity contribution in [1.82, 2.24) is 0 Å². The van der Waals surface area contributed by atoms with Crippen molar-refractivity contribution >= 4 is 23.2 Å². The van der Waals surface area contributed by atoms with Gasteiger partial charge in [-0.15, -0.1) is 6.58 Å². The molecule has 2 rings (SSSR count). The van der Waals surface area contributed by atoms with E-state index in [1.54, 1.807) is 36.4 Å². The highest BCUT2D eigenvalue weighted by Gasteiger charge is 2.10. The zero-order valence-electron chi connectivity index (χ0n) is 12.5. The molecule has 0 unspecified atom stereocenters. The minimum absolute atomic E-state index is 0.280. The number of nitrogen functional groups attached to an aromatic ring is 1. The van der Waals surface area contributed by atoms with E-state index in [1.807, 2.05) is 4.90 Å². The first kappa shape index (κ1) is 16.4. The Morgan fingerprint density at radius 3 is 2.57 bits per heavy atom. The summed E-state index contributed by atoms with van der Waals surface area (Å²) in [7, 11) is 0. The molecule has 0 aliphatic rings. The molecule has 0 aliphatic heterocycles. The molecule has 4 N–H and O–H groups in total. The van der Waals surface area contributed by atoms with Gasteiger partial charge in [0.2, 0.25) is 0 Å². The highest BCUT2D eigenvalue weighted by molar-refractivity contribution is 5.88. The minimum atomic E-state index is -1.17. The summed E-state index contributed by atoms with van der Waals surface area (Å²) in [6.45, 7) is 4.86. The summed E-state index contributed by atoms with van der Waals surface area (Å²) in [6.07, 6.45) is 0.585. The van der Waals surface area contributed by atoms with Crippen LogP contribution in [-0.2, 0) is 6.54 Å². The van der Waals surface area contributed by atoms with Gasteiger partial charge in [0.05, 0.1) is 11.4 Å². The maximum atomic E-state index is 13.0. The highest BCUT2D eigenvalue weighted by Crippen LogP contribution is 2.26. The van der Waals surface area contributed by atoms with Gasteiger partial charge in [-0.3, -0.25) is 5.32 Å². The van der Waals surface area contributed by atoms with Crippen LogP contribution in [0.25, 0.3) is 0 Å². The lowest BCUT2D eigenvalue weighted by Crippen LogP contribution is -2.23. The van der Waals surface area contributed by atoms with Crippen LogP contribution in [0, 0.1) is 5.82 Å². The Morgan fingerprint density at radius 1 is 1.30 bits per heavy atom. The molecule has 0 fully saturated rings. The topological polar surface area (TPSA) is 78.6 Å². The number of nitrogens with one attached hydrogen (secondary N) is 1.